The molecule has 0 unspecified atom stereocenters. The van der Waals surface area contributed by atoms with Gasteiger partial charge in [-0.2, -0.15) is 0 Å². The summed E-state index contributed by atoms with van der Waals surface area (Å²) >= 11 is 0. The van der Waals surface area contributed by atoms with Crippen LogP contribution in [0, 0.1) is 0 Å². The van der Waals surface area contributed by atoms with Crippen LogP contribution in [0.1, 0.15) is 10.5 Å². The van der Waals surface area contributed by atoms with Crippen molar-refractivity contribution in [2.24, 2.45) is 0 Å². The fraction of sp³-hybridized carbons (Fsp3) is 0.450. The van der Waals surface area contributed by atoms with Crippen LogP contribution in [0.2, 0.25) is 0 Å². The number of piperazine rings is 2. The van der Waals surface area contributed by atoms with Gasteiger partial charge < -0.3 is 19.6 Å². The van der Waals surface area contributed by atoms with Crippen molar-refractivity contribution in [1.29, 1.82) is 0 Å². The maximum absolute atomic E-state index is 12.8. The minimum absolute atomic E-state index is 0.00896. The number of carbonyl (C=O) groups excluding carboxylic acids is 1. The van der Waals surface area contributed by atoms with E-state index in [1.54, 1.807) is 12.3 Å². The molecule has 7 heteroatoms. The lowest BCUT2D eigenvalue weighted by Crippen LogP contribution is -2.48. The average Bonchev–Trinajstić information content (AvgIpc) is 2.75. The van der Waals surface area contributed by atoms with E-state index in [1.807, 2.05) is 11.0 Å². The van der Waals surface area contributed by atoms with Gasteiger partial charge in [0.1, 0.15) is 5.69 Å². The van der Waals surface area contributed by atoms with Crippen molar-refractivity contribution in [2.45, 2.75) is 0 Å². The molecule has 0 atom stereocenters. The summed E-state index contributed by atoms with van der Waals surface area (Å²) < 4.78 is 0. The number of benzene rings is 1. The van der Waals surface area contributed by atoms with Crippen molar-refractivity contribution < 1.29 is 4.79 Å². The molecule has 0 bridgehead atoms. The van der Waals surface area contributed by atoms with Gasteiger partial charge in [0.25, 0.3) is 5.91 Å². The van der Waals surface area contributed by atoms with Crippen LogP contribution in [-0.2, 0) is 0 Å². The first-order valence-electron chi connectivity index (χ1n) is 9.56. The summed E-state index contributed by atoms with van der Waals surface area (Å²) in [5, 5.41) is 0. The first-order chi connectivity index (χ1) is 13.2. The van der Waals surface area contributed by atoms with E-state index in [9.17, 15) is 4.79 Å². The zero-order valence-corrected chi connectivity index (χ0v) is 15.8. The summed E-state index contributed by atoms with van der Waals surface area (Å²) in [7, 11) is 2.08. The number of hydrogen-bond acceptors (Lipinski definition) is 6. The van der Waals surface area contributed by atoms with E-state index in [2.05, 4.69) is 56.0 Å². The predicted molar refractivity (Wildman–Crippen MR) is 106 cm³/mol. The molecular formula is C20H26N6O. The lowest BCUT2D eigenvalue weighted by molar-refractivity contribution is 0.0658. The van der Waals surface area contributed by atoms with E-state index in [0.717, 1.165) is 52.4 Å². The standard InChI is InChI=1S/C20H26N6O/c1-23-9-11-25(12-10-23)19(27)18-7-8-21-20(22-18)26-15-13-24(14-16-26)17-5-3-2-4-6-17/h2-8H,9-16H2,1H3. The highest BCUT2D eigenvalue weighted by Crippen LogP contribution is 2.18. The summed E-state index contributed by atoms with van der Waals surface area (Å²) in [6.45, 7) is 6.86. The van der Waals surface area contributed by atoms with Gasteiger partial charge in [-0.3, -0.25) is 4.79 Å². The fourth-order valence-corrected chi connectivity index (χ4v) is 3.59. The monoisotopic (exact) mass is 366 g/mol. The number of para-hydroxylation sites is 1. The van der Waals surface area contributed by atoms with Crippen LogP contribution < -0.4 is 9.80 Å². The molecule has 2 aliphatic heterocycles. The first kappa shape index (κ1) is 17.7. The largest absolute Gasteiger partial charge is 0.368 e. The van der Waals surface area contributed by atoms with Gasteiger partial charge in [-0.1, -0.05) is 18.2 Å². The fourth-order valence-electron chi connectivity index (χ4n) is 3.59. The smallest absolute Gasteiger partial charge is 0.272 e. The van der Waals surface area contributed by atoms with E-state index in [4.69, 9.17) is 0 Å². The number of nitrogens with zero attached hydrogens (tertiary/aromatic N) is 6. The van der Waals surface area contributed by atoms with Gasteiger partial charge in [-0.25, -0.2) is 9.97 Å². The highest BCUT2D eigenvalue weighted by Gasteiger charge is 2.24. The Balaban J connectivity index is 1.40. The molecule has 0 aliphatic carbocycles. The van der Waals surface area contributed by atoms with Gasteiger partial charge in [0.15, 0.2) is 0 Å². The van der Waals surface area contributed by atoms with Crippen molar-refractivity contribution in [3.05, 3.63) is 48.3 Å². The third-order valence-electron chi connectivity index (χ3n) is 5.34. The quantitative estimate of drug-likeness (QED) is 0.813. The highest BCUT2D eigenvalue weighted by molar-refractivity contribution is 5.92. The molecule has 3 heterocycles. The molecule has 2 fully saturated rings. The molecule has 2 aromatic rings. The minimum atomic E-state index is 0.00896. The molecule has 7 nitrogen and oxygen atoms in total. The Bertz CT molecular complexity index is 767. The predicted octanol–water partition coefficient (Wildman–Crippen LogP) is 1.19. The molecular weight excluding hydrogens is 340 g/mol. The Kier molecular flexibility index (Phi) is 5.20. The summed E-state index contributed by atoms with van der Waals surface area (Å²) in [6.07, 6.45) is 1.70. The third-order valence-corrected chi connectivity index (χ3v) is 5.34. The third kappa shape index (κ3) is 4.03. The molecule has 27 heavy (non-hydrogen) atoms. The van der Waals surface area contributed by atoms with E-state index in [0.29, 0.717) is 11.6 Å². The zero-order valence-electron chi connectivity index (χ0n) is 15.8. The number of amides is 1. The maximum atomic E-state index is 12.8. The number of rotatable bonds is 3. The van der Waals surface area contributed by atoms with Crippen LogP contribution in [0.3, 0.4) is 0 Å². The van der Waals surface area contributed by atoms with Crippen LogP contribution in [0.4, 0.5) is 11.6 Å². The Morgan fingerprint density at radius 3 is 2.22 bits per heavy atom. The molecule has 0 radical (unpaired) electrons. The summed E-state index contributed by atoms with van der Waals surface area (Å²) in [6, 6.07) is 12.2. The van der Waals surface area contributed by atoms with Gasteiger partial charge in [-0.15, -0.1) is 0 Å². The second-order valence-corrected chi connectivity index (χ2v) is 7.15. The molecule has 2 aliphatic rings. The zero-order chi connectivity index (χ0) is 18.6. The maximum Gasteiger partial charge on any atom is 0.272 e. The van der Waals surface area contributed by atoms with Gasteiger partial charge in [0, 0.05) is 64.2 Å². The average molecular weight is 366 g/mol. The van der Waals surface area contributed by atoms with Gasteiger partial charge in [-0.05, 0) is 25.2 Å². The normalized spacial score (nSPS) is 18.6. The number of carbonyl (C=O) groups is 1. The van der Waals surface area contributed by atoms with Crippen LogP contribution >= 0.6 is 0 Å². The molecule has 0 spiro atoms. The SMILES string of the molecule is CN1CCN(C(=O)c2ccnc(N3CCN(c4ccccc4)CC3)n2)CC1. The lowest BCUT2D eigenvalue weighted by atomic mass is 10.2. The Hall–Kier alpha value is -2.67. The van der Waals surface area contributed by atoms with Gasteiger partial charge in [0.05, 0.1) is 0 Å². The van der Waals surface area contributed by atoms with E-state index in [1.165, 1.54) is 5.69 Å². The van der Waals surface area contributed by atoms with E-state index in [-0.39, 0.29) is 5.91 Å². The van der Waals surface area contributed by atoms with E-state index < -0.39 is 0 Å². The number of aromatic nitrogens is 2. The van der Waals surface area contributed by atoms with Crippen molar-refractivity contribution in [3.8, 4) is 0 Å². The van der Waals surface area contributed by atoms with Crippen LogP contribution in [0.25, 0.3) is 0 Å². The molecule has 1 aromatic heterocycles. The lowest BCUT2D eigenvalue weighted by Gasteiger charge is -2.36. The van der Waals surface area contributed by atoms with Crippen molar-refractivity contribution in [3.63, 3.8) is 0 Å². The molecule has 4 rings (SSSR count). The second-order valence-electron chi connectivity index (χ2n) is 7.15. The Morgan fingerprint density at radius 1 is 0.852 bits per heavy atom. The number of hydrogen-bond donors (Lipinski definition) is 0. The molecule has 0 saturated carbocycles. The number of anilines is 2. The van der Waals surface area contributed by atoms with Crippen LogP contribution in [0.15, 0.2) is 42.6 Å². The van der Waals surface area contributed by atoms with E-state index >= 15 is 0 Å². The topological polar surface area (TPSA) is 55.8 Å². The van der Waals surface area contributed by atoms with Gasteiger partial charge in [0.2, 0.25) is 5.95 Å². The van der Waals surface area contributed by atoms with Crippen molar-refractivity contribution in [2.75, 3.05) is 69.2 Å². The highest BCUT2D eigenvalue weighted by atomic mass is 16.2. The first-order valence-corrected chi connectivity index (χ1v) is 9.56. The second kappa shape index (κ2) is 7.92. The summed E-state index contributed by atoms with van der Waals surface area (Å²) in [5.74, 6) is 0.664. The molecule has 142 valence electrons. The van der Waals surface area contributed by atoms with Crippen LogP contribution in [0.5, 0.6) is 0 Å². The molecule has 1 aromatic carbocycles. The molecule has 2 saturated heterocycles. The van der Waals surface area contributed by atoms with Crippen LogP contribution in [-0.4, -0.2) is 85.1 Å². The summed E-state index contributed by atoms with van der Waals surface area (Å²) in [5.41, 5.74) is 1.74. The van der Waals surface area contributed by atoms with Crippen molar-refractivity contribution >= 4 is 17.5 Å². The Morgan fingerprint density at radius 2 is 1.52 bits per heavy atom. The summed E-state index contributed by atoms with van der Waals surface area (Å²) in [4.78, 5) is 30.4. The Labute approximate surface area is 160 Å². The molecule has 0 N–H and O–H groups in total. The number of likely N-dealkylation sites (N-methyl/N-ethyl adjacent to an activating group) is 1. The van der Waals surface area contributed by atoms with Crippen molar-refractivity contribution in [1.82, 2.24) is 19.8 Å². The van der Waals surface area contributed by atoms with Gasteiger partial charge >= 0.3 is 0 Å². The molecule has 1 amide bonds. The minimum Gasteiger partial charge on any atom is -0.368 e.